The zero-order valence-corrected chi connectivity index (χ0v) is 9.61. The van der Waals surface area contributed by atoms with Gasteiger partial charge in [0.1, 0.15) is 5.02 Å². The maximum absolute atomic E-state index is 8.90. The van der Waals surface area contributed by atoms with Crippen molar-refractivity contribution >= 4 is 11.6 Å². The summed E-state index contributed by atoms with van der Waals surface area (Å²) in [4.78, 5) is 4.06. The highest BCUT2D eigenvalue weighted by Crippen LogP contribution is 2.23. The molecule has 88 valence electrons. The number of hydrogen-bond acceptors (Lipinski definition) is 4. The Morgan fingerprint density at radius 3 is 3.12 bits per heavy atom. The first-order valence-electron chi connectivity index (χ1n) is 5.25. The third kappa shape index (κ3) is 2.84. The predicted octanol–water partition coefficient (Wildman–Crippen LogP) is 1.64. The van der Waals surface area contributed by atoms with Gasteiger partial charge in [-0.3, -0.25) is 0 Å². The summed E-state index contributed by atoms with van der Waals surface area (Å²) < 4.78 is 10.8. The lowest BCUT2D eigenvalue weighted by atomic mass is 10.1. The minimum Gasteiger partial charge on any atom is -0.476 e. The Morgan fingerprint density at radius 2 is 2.50 bits per heavy atom. The van der Waals surface area contributed by atoms with Crippen LogP contribution in [0, 0.1) is 5.92 Å². The van der Waals surface area contributed by atoms with Crippen molar-refractivity contribution in [3.05, 3.63) is 22.8 Å². The molecule has 1 fully saturated rings. The molecule has 2 rings (SSSR count). The van der Waals surface area contributed by atoms with Gasteiger partial charge in [0.2, 0.25) is 5.88 Å². The van der Waals surface area contributed by atoms with Crippen LogP contribution in [0.2, 0.25) is 5.02 Å². The first-order valence-corrected chi connectivity index (χ1v) is 5.63. The minimum absolute atomic E-state index is 0.0660. The molecule has 0 aromatic carbocycles. The van der Waals surface area contributed by atoms with Crippen molar-refractivity contribution in [2.75, 3.05) is 19.8 Å². The number of nitrogens with zero attached hydrogens (tertiary/aromatic N) is 1. The van der Waals surface area contributed by atoms with E-state index in [1.54, 1.807) is 12.3 Å². The van der Waals surface area contributed by atoms with E-state index in [0.29, 0.717) is 29.0 Å². The molecule has 1 aliphatic heterocycles. The maximum Gasteiger partial charge on any atom is 0.232 e. The number of ether oxygens (including phenoxy) is 2. The molecule has 0 bridgehead atoms. The minimum atomic E-state index is -0.0660. The van der Waals surface area contributed by atoms with E-state index in [0.717, 1.165) is 19.6 Å². The van der Waals surface area contributed by atoms with Crippen LogP contribution in [0.15, 0.2) is 12.3 Å². The molecule has 0 saturated carbocycles. The van der Waals surface area contributed by atoms with Gasteiger partial charge < -0.3 is 14.6 Å². The largest absolute Gasteiger partial charge is 0.476 e. The molecule has 0 radical (unpaired) electrons. The summed E-state index contributed by atoms with van der Waals surface area (Å²) in [5.74, 6) is 0.848. The molecule has 1 aromatic heterocycles. The number of hydrogen-bond donors (Lipinski definition) is 1. The Labute approximate surface area is 99.2 Å². The van der Waals surface area contributed by atoms with Gasteiger partial charge in [0.25, 0.3) is 0 Å². The van der Waals surface area contributed by atoms with Crippen molar-refractivity contribution in [2.45, 2.75) is 13.0 Å². The van der Waals surface area contributed by atoms with E-state index >= 15 is 0 Å². The number of halogens is 1. The van der Waals surface area contributed by atoms with Crippen LogP contribution in [0.1, 0.15) is 12.0 Å². The second-order valence-corrected chi connectivity index (χ2v) is 4.24. The molecule has 1 aromatic rings. The maximum atomic E-state index is 8.90. The van der Waals surface area contributed by atoms with Crippen molar-refractivity contribution in [1.29, 1.82) is 0 Å². The topological polar surface area (TPSA) is 51.6 Å². The molecule has 1 atom stereocenters. The average molecular weight is 244 g/mol. The fourth-order valence-corrected chi connectivity index (χ4v) is 1.81. The normalized spacial score (nSPS) is 20.0. The van der Waals surface area contributed by atoms with Gasteiger partial charge >= 0.3 is 0 Å². The van der Waals surface area contributed by atoms with Gasteiger partial charge in [-0.25, -0.2) is 4.98 Å². The fourth-order valence-electron chi connectivity index (χ4n) is 1.57. The predicted molar refractivity (Wildman–Crippen MR) is 59.6 cm³/mol. The lowest BCUT2D eigenvalue weighted by Crippen LogP contribution is -2.12. The summed E-state index contributed by atoms with van der Waals surface area (Å²) in [5.41, 5.74) is 0.682. The number of pyridine rings is 1. The fraction of sp³-hybridized carbons (Fsp3) is 0.545. The zero-order valence-electron chi connectivity index (χ0n) is 8.86. The van der Waals surface area contributed by atoms with Crippen molar-refractivity contribution < 1.29 is 14.6 Å². The monoisotopic (exact) mass is 243 g/mol. The Kier molecular flexibility index (Phi) is 3.98. The molecule has 0 amide bonds. The molecule has 1 N–H and O–H groups in total. The zero-order chi connectivity index (χ0) is 11.4. The van der Waals surface area contributed by atoms with Gasteiger partial charge in [-0.1, -0.05) is 11.6 Å². The highest BCUT2D eigenvalue weighted by molar-refractivity contribution is 6.31. The van der Waals surface area contributed by atoms with Crippen LogP contribution >= 0.6 is 11.6 Å². The second-order valence-electron chi connectivity index (χ2n) is 3.83. The molecule has 0 spiro atoms. The van der Waals surface area contributed by atoms with Gasteiger partial charge in [0, 0.05) is 18.7 Å². The highest BCUT2D eigenvalue weighted by Gasteiger charge is 2.17. The summed E-state index contributed by atoms with van der Waals surface area (Å²) in [6.45, 7) is 2.06. The van der Waals surface area contributed by atoms with Crippen LogP contribution in [-0.2, 0) is 11.3 Å². The van der Waals surface area contributed by atoms with Crippen molar-refractivity contribution in [3.8, 4) is 5.88 Å². The number of rotatable bonds is 4. The van der Waals surface area contributed by atoms with E-state index in [4.69, 9.17) is 26.2 Å². The summed E-state index contributed by atoms with van der Waals surface area (Å²) in [7, 11) is 0. The van der Waals surface area contributed by atoms with Gasteiger partial charge in [0.05, 0.1) is 19.8 Å². The molecule has 16 heavy (non-hydrogen) atoms. The van der Waals surface area contributed by atoms with E-state index in [9.17, 15) is 0 Å². The van der Waals surface area contributed by atoms with Gasteiger partial charge in [-0.15, -0.1) is 0 Å². The first kappa shape index (κ1) is 11.6. The molecule has 1 unspecified atom stereocenters. The van der Waals surface area contributed by atoms with Crippen molar-refractivity contribution in [3.63, 3.8) is 0 Å². The summed E-state index contributed by atoms with van der Waals surface area (Å²) in [6.07, 6.45) is 2.58. The lowest BCUT2D eigenvalue weighted by molar-refractivity contribution is 0.165. The highest BCUT2D eigenvalue weighted by atomic mass is 35.5. The number of aliphatic hydroxyl groups excluding tert-OH is 1. The van der Waals surface area contributed by atoms with Crippen LogP contribution < -0.4 is 4.74 Å². The van der Waals surface area contributed by atoms with Crippen LogP contribution in [0.5, 0.6) is 5.88 Å². The molecule has 5 heteroatoms. The molecule has 2 heterocycles. The third-order valence-electron chi connectivity index (χ3n) is 2.53. The van der Waals surface area contributed by atoms with Gasteiger partial charge in [0.15, 0.2) is 0 Å². The molecular formula is C11H14ClNO3. The van der Waals surface area contributed by atoms with Crippen LogP contribution in [0.4, 0.5) is 0 Å². The van der Waals surface area contributed by atoms with Gasteiger partial charge in [-0.05, 0) is 18.1 Å². The number of aliphatic hydroxyl groups is 1. The molecular weight excluding hydrogens is 230 g/mol. The van der Waals surface area contributed by atoms with E-state index < -0.39 is 0 Å². The van der Waals surface area contributed by atoms with Crippen LogP contribution in [0.3, 0.4) is 0 Å². The smallest absolute Gasteiger partial charge is 0.232 e. The Hall–Kier alpha value is -0.840. The SMILES string of the molecule is OCc1cnc(OCC2CCOC2)c(Cl)c1. The summed E-state index contributed by atoms with van der Waals surface area (Å²) in [5, 5.41) is 9.34. The second kappa shape index (κ2) is 5.48. The molecule has 1 aliphatic rings. The molecule has 1 saturated heterocycles. The quantitative estimate of drug-likeness (QED) is 0.874. The van der Waals surface area contributed by atoms with Crippen LogP contribution in [-0.4, -0.2) is 29.9 Å². The van der Waals surface area contributed by atoms with E-state index in [1.807, 2.05) is 0 Å². The Balaban J connectivity index is 1.93. The first-order chi connectivity index (χ1) is 7.79. The summed E-state index contributed by atoms with van der Waals surface area (Å²) in [6, 6.07) is 1.66. The molecule has 4 nitrogen and oxygen atoms in total. The van der Waals surface area contributed by atoms with E-state index in [2.05, 4.69) is 4.98 Å². The third-order valence-corrected chi connectivity index (χ3v) is 2.80. The number of aromatic nitrogens is 1. The van der Waals surface area contributed by atoms with E-state index in [1.165, 1.54) is 0 Å². The lowest BCUT2D eigenvalue weighted by Gasteiger charge is -2.10. The van der Waals surface area contributed by atoms with Crippen molar-refractivity contribution in [2.24, 2.45) is 5.92 Å². The molecule has 0 aliphatic carbocycles. The van der Waals surface area contributed by atoms with Crippen molar-refractivity contribution in [1.82, 2.24) is 4.98 Å². The van der Waals surface area contributed by atoms with Crippen LogP contribution in [0.25, 0.3) is 0 Å². The summed E-state index contributed by atoms with van der Waals surface area (Å²) >= 11 is 5.96. The Bertz CT molecular complexity index is 353. The average Bonchev–Trinajstić information content (AvgIpc) is 2.80. The standard InChI is InChI=1S/C11H14ClNO3/c12-10-3-9(5-14)4-13-11(10)16-7-8-1-2-15-6-8/h3-4,8,14H,1-2,5-7H2. The van der Waals surface area contributed by atoms with Gasteiger partial charge in [-0.2, -0.15) is 0 Å². The van der Waals surface area contributed by atoms with E-state index in [-0.39, 0.29) is 6.61 Å². The Morgan fingerprint density at radius 1 is 1.62 bits per heavy atom.